The lowest BCUT2D eigenvalue weighted by molar-refractivity contribution is -0.111. The van der Waals surface area contributed by atoms with Gasteiger partial charge in [0, 0.05) is 6.08 Å². The van der Waals surface area contributed by atoms with Gasteiger partial charge in [-0.3, -0.25) is 4.79 Å². The molecule has 0 unspecified atom stereocenters. The molecule has 0 aliphatic heterocycles. The summed E-state index contributed by atoms with van der Waals surface area (Å²) in [6.07, 6.45) is 4.24. The van der Waals surface area contributed by atoms with Gasteiger partial charge in [0.25, 0.3) is 0 Å². The van der Waals surface area contributed by atoms with Crippen LogP contribution in [0.4, 0.5) is 5.00 Å². The van der Waals surface area contributed by atoms with E-state index in [9.17, 15) is 14.4 Å². The Labute approximate surface area is 148 Å². The minimum Gasteiger partial charge on any atom is -0.465 e. The normalized spacial score (nSPS) is 10.7. The Morgan fingerprint density at radius 1 is 1.32 bits per heavy atom. The third kappa shape index (κ3) is 4.36. The first kappa shape index (κ1) is 18.5. The van der Waals surface area contributed by atoms with E-state index in [1.807, 2.05) is 0 Å². The van der Waals surface area contributed by atoms with Crippen LogP contribution in [0, 0.1) is 6.92 Å². The summed E-state index contributed by atoms with van der Waals surface area (Å²) in [7, 11) is 1.25. The van der Waals surface area contributed by atoms with E-state index in [0.717, 1.165) is 11.3 Å². The van der Waals surface area contributed by atoms with Gasteiger partial charge in [-0.2, -0.15) is 0 Å². The van der Waals surface area contributed by atoms with Crippen molar-refractivity contribution in [1.82, 2.24) is 0 Å². The summed E-state index contributed by atoms with van der Waals surface area (Å²) in [6.45, 7) is 3.45. The van der Waals surface area contributed by atoms with Crippen molar-refractivity contribution in [3.63, 3.8) is 0 Å². The average Bonchev–Trinajstić information content (AvgIpc) is 3.20. The molecule has 0 fully saturated rings. The third-order valence-corrected chi connectivity index (χ3v) is 4.36. The number of nitrogens with one attached hydrogen (secondary N) is 1. The molecule has 0 aromatic carbocycles. The van der Waals surface area contributed by atoms with E-state index in [1.54, 1.807) is 26.0 Å². The lowest BCUT2D eigenvalue weighted by Crippen LogP contribution is -2.12. The van der Waals surface area contributed by atoms with Crippen molar-refractivity contribution in [3.8, 4) is 0 Å². The Balaban J connectivity index is 2.30. The maximum absolute atomic E-state index is 12.2. The number of hydrogen-bond donors (Lipinski definition) is 1. The molecule has 2 heterocycles. The van der Waals surface area contributed by atoms with Crippen molar-refractivity contribution in [3.05, 3.63) is 46.2 Å². The van der Waals surface area contributed by atoms with Crippen molar-refractivity contribution in [2.75, 3.05) is 19.0 Å². The van der Waals surface area contributed by atoms with Crippen molar-refractivity contribution in [2.24, 2.45) is 0 Å². The maximum Gasteiger partial charge on any atom is 0.348 e. The number of ether oxygens (including phenoxy) is 2. The first-order valence-electron chi connectivity index (χ1n) is 7.39. The molecule has 8 heteroatoms. The highest BCUT2D eigenvalue weighted by molar-refractivity contribution is 7.18. The smallest absolute Gasteiger partial charge is 0.348 e. The van der Waals surface area contributed by atoms with Crippen LogP contribution in [0.25, 0.3) is 6.08 Å². The zero-order chi connectivity index (χ0) is 18.4. The fourth-order valence-electron chi connectivity index (χ4n) is 2.04. The van der Waals surface area contributed by atoms with Crippen molar-refractivity contribution in [1.29, 1.82) is 0 Å². The molecule has 132 valence electrons. The van der Waals surface area contributed by atoms with Crippen LogP contribution in [0.15, 0.2) is 28.9 Å². The third-order valence-electron chi connectivity index (χ3n) is 3.18. The van der Waals surface area contributed by atoms with E-state index in [-0.39, 0.29) is 22.0 Å². The van der Waals surface area contributed by atoms with Crippen LogP contribution < -0.4 is 5.32 Å². The van der Waals surface area contributed by atoms with E-state index < -0.39 is 17.8 Å². The van der Waals surface area contributed by atoms with Crippen LogP contribution in [0.1, 0.15) is 38.3 Å². The van der Waals surface area contributed by atoms with Crippen LogP contribution in [0.3, 0.4) is 0 Å². The van der Waals surface area contributed by atoms with Gasteiger partial charge in [0.2, 0.25) is 5.91 Å². The molecule has 25 heavy (non-hydrogen) atoms. The number of carbonyl (C=O) groups is 3. The van der Waals surface area contributed by atoms with Gasteiger partial charge in [-0.05, 0) is 37.6 Å². The second-order valence-corrected chi connectivity index (χ2v) is 5.83. The van der Waals surface area contributed by atoms with E-state index in [2.05, 4.69) is 5.32 Å². The SMILES string of the molecule is CCOC(=O)c1c(NC(=O)C=Cc2ccco2)sc(C(=O)OC)c1C. The summed E-state index contributed by atoms with van der Waals surface area (Å²) in [6, 6.07) is 3.39. The number of rotatable bonds is 6. The first-order chi connectivity index (χ1) is 12.0. The summed E-state index contributed by atoms with van der Waals surface area (Å²) < 4.78 is 14.8. The minimum atomic E-state index is -0.614. The molecule has 0 saturated carbocycles. The Morgan fingerprint density at radius 2 is 2.08 bits per heavy atom. The summed E-state index contributed by atoms with van der Waals surface area (Å²) in [4.78, 5) is 36.4. The molecule has 0 spiro atoms. The number of carbonyl (C=O) groups excluding carboxylic acids is 3. The predicted octanol–water partition coefficient (Wildman–Crippen LogP) is 3.26. The molecule has 1 N–H and O–H groups in total. The molecule has 0 atom stereocenters. The average molecular weight is 363 g/mol. The lowest BCUT2D eigenvalue weighted by Gasteiger charge is -2.05. The highest BCUT2D eigenvalue weighted by atomic mass is 32.1. The summed E-state index contributed by atoms with van der Waals surface area (Å²) in [5.41, 5.74) is 0.549. The van der Waals surface area contributed by atoms with Crippen LogP contribution >= 0.6 is 11.3 Å². The van der Waals surface area contributed by atoms with Gasteiger partial charge in [-0.25, -0.2) is 9.59 Å². The monoisotopic (exact) mass is 363 g/mol. The molecule has 7 nitrogen and oxygen atoms in total. The van der Waals surface area contributed by atoms with Crippen LogP contribution in [0.5, 0.6) is 0 Å². The quantitative estimate of drug-likeness (QED) is 0.625. The van der Waals surface area contributed by atoms with Gasteiger partial charge in [0.05, 0.1) is 25.5 Å². The minimum absolute atomic E-state index is 0.145. The van der Waals surface area contributed by atoms with Gasteiger partial charge in [-0.1, -0.05) is 0 Å². The van der Waals surface area contributed by atoms with Crippen LogP contribution in [0.2, 0.25) is 0 Å². The number of anilines is 1. The lowest BCUT2D eigenvalue weighted by atomic mass is 10.1. The molecule has 0 aliphatic carbocycles. The molecule has 0 aliphatic rings. The number of hydrogen-bond acceptors (Lipinski definition) is 7. The summed E-state index contributed by atoms with van der Waals surface area (Å²) in [5.74, 6) is -1.16. The largest absolute Gasteiger partial charge is 0.465 e. The number of amides is 1. The van der Waals surface area contributed by atoms with E-state index in [4.69, 9.17) is 13.9 Å². The van der Waals surface area contributed by atoms with E-state index >= 15 is 0 Å². The Bertz CT molecular complexity index is 803. The maximum atomic E-state index is 12.2. The predicted molar refractivity (Wildman–Crippen MR) is 92.7 cm³/mol. The molecule has 0 bridgehead atoms. The van der Waals surface area contributed by atoms with Crippen molar-refractivity contribution in [2.45, 2.75) is 13.8 Å². The Morgan fingerprint density at radius 3 is 2.68 bits per heavy atom. The number of methoxy groups -OCH3 is 1. The number of thiophene rings is 1. The van der Waals surface area contributed by atoms with Crippen molar-refractivity contribution >= 4 is 40.3 Å². The topological polar surface area (TPSA) is 94.8 Å². The Hall–Kier alpha value is -2.87. The zero-order valence-corrected chi connectivity index (χ0v) is 14.8. The van der Waals surface area contributed by atoms with Gasteiger partial charge < -0.3 is 19.2 Å². The van der Waals surface area contributed by atoms with E-state index in [0.29, 0.717) is 11.3 Å². The summed E-state index contributed by atoms with van der Waals surface area (Å²) >= 11 is 0.960. The zero-order valence-electron chi connectivity index (χ0n) is 14.0. The van der Waals surface area contributed by atoms with Gasteiger partial charge >= 0.3 is 11.9 Å². The standard InChI is InChI=1S/C17H17NO6S/c1-4-23-16(20)13-10(2)14(17(21)22-3)25-15(13)18-12(19)8-7-11-6-5-9-24-11/h5-9H,4H2,1-3H3,(H,18,19). The van der Waals surface area contributed by atoms with E-state index in [1.165, 1.54) is 25.5 Å². The van der Waals surface area contributed by atoms with Crippen LogP contribution in [-0.2, 0) is 14.3 Å². The highest BCUT2D eigenvalue weighted by Gasteiger charge is 2.26. The highest BCUT2D eigenvalue weighted by Crippen LogP contribution is 2.34. The van der Waals surface area contributed by atoms with Gasteiger partial charge in [0.15, 0.2) is 0 Å². The van der Waals surface area contributed by atoms with Crippen molar-refractivity contribution < 1.29 is 28.3 Å². The fourth-order valence-corrected chi connectivity index (χ4v) is 3.15. The number of furan rings is 1. The summed E-state index contributed by atoms with van der Waals surface area (Å²) in [5, 5.41) is 2.82. The molecule has 2 aromatic rings. The molecule has 0 saturated heterocycles. The molecule has 2 rings (SSSR count). The second-order valence-electron chi connectivity index (χ2n) is 4.81. The number of esters is 2. The molecule has 0 radical (unpaired) electrons. The van der Waals surface area contributed by atoms with Crippen LogP contribution in [-0.4, -0.2) is 31.6 Å². The fraction of sp³-hybridized carbons (Fsp3) is 0.235. The second kappa shape index (κ2) is 8.29. The molecule has 1 amide bonds. The van der Waals surface area contributed by atoms with Gasteiger partial charge in [0.1, 0.15) is 15.6 Å². The molecular formula is C17H17NO6S. The first-order valence-corrected chi connectivity index (χ1v) is 8.21. The molecular weight excluding hydrogens is 346 g/mol. The van der Waals surface area contributed by atoms with Gasteiger partial charge in [-0.15, -0.1) is 11.3 Å². The Kier molecular flexibility index (Phi) is 6.13. The molecule has 2 aromatic heterocycles.